The van der Waals surface area contributed by atoms with Crippen molar-refractivity contribution in [3.8, 4) is 0 Å². The van der Waals surface area contributed by atoms with Crippen molar-refractivity contribution in [3.05, 3.63) is 0 Å². The van der Waals surface area contributed by atoms with Gasteiger partial charge in [-0.3, -0.25) is 0 Å². The molecule has 1 atom stereocenters. The summed E-state index contributed by atoms with van der Waals surface area (Å²) >= 11 is 0. The molecule has 0 rings (SSSR count). The Bertz CT molecular complexity index is 78.8. The normalized spacial score (nSPS) is 15.7. The Morgan fingerprint density at radius 3 is 2.00 bits per heavy atom. The first kappa shape index (κ1) is 8.75. The lowest BCUT2D eigenvalue weighted by Crippen LogP contribution is -2.15. The van der Waals surface area contributed by atoms with E-state index in [1.165, 1.54) is 6.92 Å². The molecular weight excluding hydrogens is 133 g/mol. The molecule has 4 heteroatoms. The van der Waals surface area contributed by atoms with Crippen LogP contribution in [0.2, 0.25) is 0 Å². The van der Waals surface area contributed by atoms with Gasteiger partial charge in [-0.05, 0) is 5.92 Å². The smallest absolute Gasteiger partial charge is 0.389 e. The van der Waals surface area contributed by atoms with Gasteiger partial charge in [0.05, 0.1) is 0 Å². The SMILES string of the molecule is CC(CO)CC(F)(F)F. The summed E-state index contributed by atoms with van der Waals surface area (Å²) in [5, 5.41) is 8.20. The van der Waals surface area contributed by atoms with E-state index in [1.807, 2.05) is 0 Å². The monoisotopic (exact) mass is 142 g/mol. The quantitative estimate of drug-likeness (QED) is 0.620. The van der Waals surface area contributed by atoms with Crippen molar-refractivity contribution in [1.82, 2.24) is 0 Å². The Labute approximate surface area is 51.5 Å². The van der Waals surface area contributed by atoms with Crippen LogP contribution in [0.15, 0.2) is 0 Å². The van der Waals surface area contributed by atoms with Crippen molar-refractivity contribution in [2.24, 2.45) is 5.92 Å². The van der Waals surface area contributed by atoms with E-state index in [2.05, 4.69) is 0 Å². The molecule has 0 aliphatic rings. The standard InChI is InChI=1S/C5H9F3O/c1-4(3-9)2-5(6,7)8/h4,9H,2-3H2,1H3. The van der Waals surface area contributed by atoms with Crippen molar-refractivity contribution < 1.29 is 18.3 Å². The molecule has 0 aromatic heterocycles. The number of hydrogen-bond acceptors (Lipinski definition) is 1. The molecular formula is C5H9F3O. The summed E-state index contributed by atoms with van der Waals surface area (Å²) < 4.78 is 34.1. The van der Waals surface area contributed by atoms with Crippen LogP contribution in [-0.2, 0) is 0 Å². The minimum absolute atomic E-state index is 0.403. The zero-order chi connectivity index (χ0) is 7.49. The minimum Gasteiger partial charge on any atom is -0.396 e. The third kappa shape index (κ3) is 5.62. The highest BCUT2D eigenvalue weighted by Crippen LogP contribution is 2.23. The molecule has 56 valence electrons. The van der Waals surface area contributed by atoms with Crippen molar-refractivity contribution in [1.29, 1.82) is 0 Å². The van der Waals surface area contributed by atoms with E-state index in [-0.39, 0.29) is 0 Å². The van der Waals surface area contributed by atoms with Crippen LogP contribution in [0, 0.1) is 5.92 Å². The van der Waals surface area contributed by atoms with E-state index in [4.69, 9.17) is 5.11 Å². The molecule has 0 amide bonds. The highest BCUT2D eigenvalue weighted by atomic mass is 19.4. The maximum Gasteiger partial charge on any atom is 0.389 e. The van der Waals surface area contributed by atoms with Crippen molar-refractivity contribution in [2.45, 2.75) is 19.5 Å². The zero-order valence-corrected chi connectivity index (χ0v) is 5.07. The molecule has 0 aromatic rings. The fraction of sp³-hybridized carbons (Fsp3) is 1.00. The highest BCUT2D eigenvalue weighted by Gasteiger charge is 2.29. The van der Waals surface area contributed by atoms with E-state index >= 15 is 0 Å². The van der Waals surface area contributed by atoms with Crippen molar-refractivity contribution in [2.75, 3.05) is 6.61 Å². The van der Waals surface area contributed by atoms with Crippen LogP contribution in [0.5, 0.6) is 0 Å². The van der Waals surface area contributed by atoms with E-state index in [0.717, 1.165) is 0 Å². The van der Waals surface area contributed by atoms with Gasteiger partial charge in [-0.25, -0.2) is 0 Å². The predicted molar refractivity (Wildman–Crippen MR) is 26.9 cm³/mol. The molecule has 1 unspecified atom stereocenters. The van der Waals surface area contributed by atoms with E-state index < -0.39 is 25.1 Å². The molecule has 0 fully saturated rings. The number of hydrogen-bond donors (Lipinski definition) is 1. The van der Waals surface area contributed by atoms with Crippen molar-refractivity contribution in [3.63, 3.8) is 0 Å². The molecule has 0 radical (unpaired) electrons. The Kier molecular flexibility index (Phi) is 2.97. The fourth-order valence-corrected chi connectivity index (χ4v) is 0.460. The topological polar surface area (TPSA) is 20.2 Å². The first-order valence-corrected chi connectivity index (χ1v) is 2.63. The number of halogens is 3. The fourth-order valence-electron chi connectivity index (χ4n) is 0.460. The van der Waals surface area contributed by atoms with Crippen LogP contribution < -0.4 is 0 Å². The molecule has 0 spiro atoms. The third-order valence-electron chi connectivity index (χ3n) is 0.892. The first-order valence-electron chi connectivity index (χ1n) is 2.63. The van der Waals surface area contributed by atoms with Gasteiger partial charge in [-0.2, -0.15) is 13.2 Å². The Balaban J connectivity index is 3.47. The number of aliphatic hydroxyl groups excluding tert-OH is 1. The molecule has 0 heterocycles. The van der Waals surface area contributed by atoms with Crippen LogP contribution in [-0.4, -0.2) is 17.9 Å². The molecule has 0 saturated heterocycles. The van der Waals surface area contributed by atoms with Crippen LogP contribution in [0.4, 0.5) is 13.2 Å². The summed E-state index contributed by atoms with van der Waals surface area (Å²) in [4.78, 5) is 0. The molecule has 0 aliphatic heterocycles. The van der Waals surface area contributed by atoms with Gasteiger partial charge in [0.1, 0.15) is 0 Å². The minimum atomic E-state index is -4.14. The third-order valence-corrected chi connectivity index (χ3v) is 0.892. The largest absolute Gasteiger partial charge is 0.396 e. The second-order valence-electron chi connectivity index (χ2n) is 2.11. The lowest BCUT2D eigenvalue weighted by molar-refractivity contribution is -0.145. The Morgan fingerprint density at radius 1 is 1.44 bits per heavy atom. The number of aliphatic hydroxyl groups is 1. The van der Waals surface area contributed by atoms with E-state index in [1.54, 1.807) is 0 Å². The van der Waals surface area contributed by atoms with Crippen LogP contribution in [0.25, 0.3) is 0 Å². The Morgan fingerprint density at radius 2 is 1.89 bits per heavy atom. The summed E-state index contributed by atoms with van der Waals surface area (Å²) in [5.74, 6) is -0.676. The van der Waals surface area contributed by atoms with Gasteiger partial charge in [-0.15, -0.1) is 0 Å². The second kappa shape index (κ2) is 3.06. The van der Waals surface area contributed by atoms with Gasteiger partial charge in [0.2, 0.25) is 0 Å². The lowest BCUT2D eigenvalue weighted by atomic mass is 10.1. The van der Waals surface area contributed by atoms with Gasteiger partial charge < -0.3 is 5.11 Å². The average Bonchev–Trinajstić information content (AvgIpc) is 1.62. The molecule has 1 nitrogen and oxygen atoms in total. The summed E-state index contributed by atoms with van der Waals surface area (Å²) in [6, 6.07) is 0. The maximum absolute atomic E-state index is 11.4. The first-order chi connectivity index (χ1) is 3.95. The van der Waals surface area contributed by atoms with Crippen molar-refractivity contribution >= 4 is 0 Å². The van der Waals surface area contributed by atoms with Gasteiger partial charge >= 0.3 is 6.18 Å². The molecule has 9 heavy (non-hydrogen) atoms. The molecule has 0 bridgehead atoms. The summed E-state index contributed by atoms with van der Waals surface area (Å²) in [7, 11) is 0. The lowest BCUT2D eigenvalue weighted by Gasteiger charge is -2.09. The highest BCUT2D eigenvalue weighted by molar-refractivity contribution is 4.56. The number of alkyl halides is 3. The van der Waals surface area contributed by atoms with Gasteiger partial charge in [0, 0.05) is 13.0 Å². The summed E-state index contributed by atoms with van der Waals surface area (Å²) in [6.07, 6.45) is -5.04. The van der Waals surface area contributed by atoms with Gasteiger partial charge in [-0.1, -0.05) is 6.92 Å². The zero-order valence-electron chi connectivity index (χ0n) is 5.07. The van der Waals surface area contributed by atoms with E-state index in [0.29, 0.717) is 0 Å². The van der Waals surface area contributed by atoms with E-state index in [9.17, 15) is 13.2 Å². The average molecular weight is 142 g/mol. The summed E-state index contributed by atoms with van der Waals surface area (Å²) in [5.41, 5.74) is 0. The number of rotatable bonds is 2. The summed E-state index contributed by atoms with van der Waals surface area (Å²) in [6.45, 7) is 0.951. The molecule has 0 saturated carbocycles. The Hall–Kier alpha value is -0.250. The second-order valence-corrected chi connectivity index (χ2v) is 2.11. The molecule has 0 aromatic carbocycles. The van der Waals surface area contributed by atoms with Gasteiger partial charge in [0.25, 0.3) is 0 Å². The predicted octanol–water partition coefficient (Wildman–Crippen LogP) is 1.57. The maximum atomic E-state index is 11.4. The van der Waals surface area contributed by atoms with Crippen LogP contribution in [0.3, 0.4) is 0 Å². The van der Waals surface area contributed by atoms with Crippen LogP contribution >= 0.6 is 0 Å². The van der Waals surface area contributed by atoms with Crippen LogP contribution in [0.1, 0.15) is 13.3 Å². The molecule has 1 N–H and O–H groups in total. The van der Waals surface area contributed by atoms with Gasteiger partial charge in [0.15, 0.2) is 0 Å². The molecule has 0 aliphatic carbocycles.